The van der Waals surface area contributed by atoms with E-state index in [4.69, 9.17) is 4.74 Å². The molecule has 2 rings (SSSR count). The van der Waals surface area contributed by atoms with Gasteiger partial charge in [0, 0.05) is 24.5 Å². The molecule has 0 aromatic carbocycles. The fraction of sp³-hybridized carbons (Fsp3) is 1.00. The summed E-state index contributed by atoms with van der Waals surface area (Å²) in [6.45, 7) is 3.42. The zero-order chi connectivity index (χ0) is 15.3. The average Bonchev–Trinajstić information content (AvgIpc) is 2.44. The molecule has 2 fully saturated rings. The predicted octanol–water partition coefficient (Wildman–Crippen LogP) is 4.44. The first kappa shape index (κ1) is 17.1. The maximum absolute atomic E-state index is 12.2. The van der Waals surface area contributed by atoms with E-state index in [1.165, 1.54) is 19.3 Å². The number of hydrogen-bond donors (Lipinski definition) is 1. The van der Waals surface area contributed by atoms with Crippen molar-refractivity contribution in [2.24, 2.45) is 5.41 Å². The van der Waals surface area contributed by atoms with Gasteiger partial charge in [0.1, 0.15) is 0 Å². The average molecular weight is 307 g/mol. The number of rotatable bonds is 7. The smallest absolute Gasteiger partial charge is 0.378 e. The quantitative estimate of drug-likeness (QED) is 0.702. The molecule has 0 aromatic heterocycles. The van der Waals surface area contributed by atoms with Crippen molar-refractivity contribution < 1.29 is 17.9 Å². The first-order valence-corrected chi connectivity index (χ1v) is 8.40. The van der Waals surface area contributed by atoms with Crippen LogP contribution in [0.1, 0.15) is 64.7 Å². The summed E-state index contributed by atoms with van der Waals surface area (Å²) >= 11 is 0. The summed E-state index contributed by atoms with van der Waals surface area (Å²) in [7, 11) is 0. The van der Waals surface area contributed by atoms with Crippen molar-refractivity contribution >= 4 is 0 Å². The Morgan fingerprint density at radius 2 is 1.90 bits per heavy atom. The Morgan fingerprint density at radius 3 is 2.52 bits per heavy atom. The molecule has 2 aliphatic rings. The normalized spacial score (nSPS) is 28.6. The van der Waals surface area contributed by atoms with Crippen LogP contribution >= 0.6 is 0 Å². The molecule has 0 heterocycles. The highest BCUT2D eigenvalue weighted by molar-refractivity contribution is 5.08. The molecule has 5 heteroatoms. The summed E-state index contributed by atoms with van der Waals surface area (Å²) in [6, 6.07) is 0.505. The lowest BCUT2D eigenvalue weighted by molar-refractivity contribution is -0.164. The maximum atomic E-state index is 12.2. The number of nitrogens with one attached hydrogen (secondary N) is 1. The van der Waals surface area contributed by atoms with E-state index in [0.29, 0.717) is 6.04 Å². The molecule has 0 amide bonds. The van der Waals surface area contributed by atoms with Crippen molar-refractivity contribution in [1.82, 2.24) is 5.32 Å². The van der Waals surface area contributed by atoms with Gasteiger partial charge in [0.2, 0.25) is 0 Å². The number of ether oxygens (including phenoxy) is 1. The Balaban J connectivity index is 1.79. The SMILES string of the molecule is CCCNC1CC(OCCCC(F)(F)F)C12CCCCC2. The highest BCUT2D eigenvalue weighted by Crippen LogP contribution is 2.53. The van der Waals surface area contributed by atoms with Gasteiger partial charge in [0.05, 0.1) is 6.10 Å². The van der Waals surface area contributed by atoms with Crippen molar-refractivity contribution in [3.05, 3.63) is 0 Å². The molecule has 0 saturated heterocycles. The predicted molar refractivity (Wildman–Crippen MR) is 77.2 cm³/mol. The fourth-order valence-corrected chi connectivity index (χ4v) is 3.97. The Kier molecular flexibility index (Phi) is 5.95. The summed E-state index contributed by atoms with van der Waals surface area (Å²) in [4.78, 5) is 0. The summed E-state index contributed by atoms with van der Waals surface area (Å²) in [5, 5.41) is 3.61. The zero-order valence-corrected chi connectivity index (χ0v) is 13.0. The molecule has 1 N–H and O–H groups in total. The van der Waals surface area contributed by atoms with Crippen molar-refractivity contribution in [3.8, 4) is 0 Å². The standard InChI is InChI=1S/C16H28F3NO/c1-2-10-20-13-12-14(15(13)7-4-3-5-8-15)21-11-6-9-16(17,18)19/h13-14,20H,2-12H2,1H3. The zero-order valence-electron chi connectivity index (χ0n) is 13.0. The maximum Gasteiger partial charge on any atom is 0.389 e. The summed E-state index contributed by atoms with van der Waals surface area (Å²) in [6.07, 6.45) is 3.61. The Labute approximate surface area is 125 Å². The van der Waals surface area contributed by atoms with Crippen LogP contribution in [0.3, 0.4) is 0 Å². The monoisotopic (exact) mass is 307 g/mol. The van der Waals surface area contributed by atoms with Crippen LogP contribution in [0.5, 0.6) is 0 Å². The fourth-order valence-electron chi connectivity index (χ4n) is 3.97. The molecule has 1 spiro atoms. The summed E-state index contributed by atoms with van der Waals surface area (Å²) < 4.78 is 42.3. The molecule has 2 aliphatic carbocycles. The third-order valence-electron chi connectivity index (χ3n) is 5.13. The topological polar surface area (TPSA) is 21.3 Å². The minimum absolute atomic E-state index is 0.0864. The van der Waals surface area contributed by atoms with Crippen LogP contribution in [0.15, 0.2) is 0 Å². The summed E-state index contributed by atoms with van der Waals surface area (Å²) in [5.41, 5.74) is 0.200. The van der Waals surface area contributed by atoms with Gasteiger partial charge in [0.25, 0.3) is 0 Å². The van der Waals surface area contributed by atoms with Crippen LogP contribution in [0.4, 0.5) is 13.2 Å². The van der Waals surface area contributed by atoms with Gasteiger partial charge >= 0.3 is 6.18 Å². The lowest BCUT2D eigenvalue weighted by Crippen LogP contribution is -2.64. The molecule has 2 atom stereocenters. The Hall–Kier alpha value is -0.290. The second-order valence-electron chi connectivity index (χ2n) is 6.61. The highest BCUT2D eigenvalue weighted by Gasteiger charge is 2.55. The first-order chi connectivity index (χ1) is 9.98. The minimum atomic E-state index is -4.06. The molecule has 2 saturated carbocycles. The van der Waals surface area contributed by atoms with Gasteiger partial charge in [0.15, 0.2) is 0 Å². The van der Waals surface area contributed by atoms with E-state index in [-0.39, 0.29) is 24.5 Å². The number of hydrogen-bond acceptors (Lipinski definition) is 2. The van der Waals surface area contributed by atoms with E-state index >= 15 is 0 Å². The molecule has 0 aliphatic heterocycles. The van der Waals surface area contributed by atoms with Gasteiger partial charge in [-0.05, 0) is 38.6 Å². The van der Waals surface area contributed by atoms with E-state index in [1.54, 1.807) is 0 Å². The van der Waals surface area contributed by atoms with Crippen molar-refractivity contribution in [2.75, 3.05) is 13.2 Å². The van der Waals surface area contributed by atoms with Gasteiger partial charge in [-0.2, -0.15) is 13.2 Å². The summed E-state index contributed by atoms with van der Waals surface area (Å²) in [5.74, 6) is 0. The van der Waals surface area contributed by atoms with Crippen molar-refractivity contribution in [2.45, 2.75) is 83.0 Å². The van der Waals surface area contributed by atoms with Crippen molar-refractivity contribution in [3.63, 3.8) is 0 Å². The van der Waals surface area contributed by atoms with Crippen LogP contribution in [0.2, 0.25) is 0 Å². The molecule has 124 valence electrons. The highest BCUT2D eigenvalue weighted by atomic mass is 19.4. The Morgan fingerprint density at radius 1 is 1.19 bits per heavy atom. The second-order valence-corrected chi connectivity index (χ2v) is 6.61. The molecule has 2 nitrogen and oxygen atoms in total. The van der Waals surface area contributed by atoms with Gasteiger partial charge in [-0.15, -0.1) is 0 Å². The molecule has 0 aromatic rings. The lowest BCUT2D eigenvalue weighted by Gasteiger charge is -2.58. The molecule has 2 unspecified atom stereocenters. The van der Waals surface area contributed by atoms with Crippen molar-refractivity contribution in [1.29, 1.82) is 0 Å². The molecular weight excluding hydrogens is 279 g/mol. The second kappa shape index (κ2) is 7.32. The van der Waals surface area contributed by atoms with Crippen LogP contribution in [-0.2, 0) is 4.74 Å². The van der Waals surface area contributed by atoms with Crippen LogP contribution < -0.4 is 5.32 Å². The first-order valence-electron chi connectivity index (χ1n) is 8.40. The van der Waals surface area contributed by atoms with Gasteiger partial charge in [-0.25, -0.2) is 0 Å². The van der Waals surface area contributed by atoms with E-state index in [1.807, 2.05) is 0 Å². The largest absolute Gasteiger partial charge is 0.389 e. The van der Waals surface area contributed by atoms with Gasteiger partial charge < -0.3 is 10.1 Å². The molecule has 0 radical (unpaired) electrons. The number of alkyl halides is 3. The third kappa shape index (κ3) is 4.35. The van der Waals surface area contributed by atoms with Gasteiger partial charge in [-0.3, -0.25) is 0 Å². The van der Waals surface area contributed by atoms with E-state index in [9.17, 15) is 13.2 Å². The minimum Gasteiger partial charge on any atom is -0.378 e. The van der Waals surface area contributed by atoms with Crippen LogP contribution in [0, 0.1) is 5.41 Å². The Bertz CT molecular complexity index is 313. The van der Waals surface area contributed by atoms with E-state index in [0.717, 1.165) is 32.2 Å². The number of halogens is 3. The van der Waals surface area contributed by atoms with E-state index in [2.05, 4.69) is 12.2 Å². The molecule has 21 heavy (non-hydrogen) atoms. The van der Waals surface area contributed by atoms with Crippen LogP contribution in [0.25, 0.3) is 0 Å². The van der Waals surface area contributed by atoms with E-state index < -0.39 is 12.6 Å². The third-order valence-corrected chi connectivity index (χ3v) is 5.13. The van der Waals surface area contributed by atoms with Gasteiger partial charge in [-0.1, -0.05) is 26.2 Å². The molecular formula is C16H28F3NO. The lowest BCUT2D eigenvalue weighted by atomic mass is 9.55. The molecule has 0 bridgehead atoms. The van der Waals surface area contributed by atoms with Crippen LogP contribution in [-0.4, -0.2) is 31.5 Å².